The van der Waals surface area contributed by atoms with Crippen LogP contribution in [0.15, 0.2) is 57.8 Å². The summed E-state index contributed by atoms with van der Waals surface area (Å²) in [6.07, 6.45) is 0.940. The number of rotatable bonds is 3. The van der Waals surface area contributed by atoms with Gasteiger partial charge in [-0.3, -0.25) is 4.79 Å². The molecule has 1 amide bonds. The molecule has 1 atom stereocenters. The molecule has 8 heteroatoms. The molecule has 1 unspecified atom stereocenters. The van der Waals surface area contributed by atoms with E-state index in [2.05, 4.69) is 9.71 Å². The molecule has 2 aromatic rings. The molecular weight excluding hydrogens is 364 g/mol. The summed E-state index contributed by atoms with van der Waals surface area (Å²) < 4.78 is 28.0. The highest BCUT2D eigenvalue weighted by molar-refractivity contribution is 7.90. The third-order valence-corrected chi connectivity index (χ3v) is 6.27. The number of amides is 1. The van der Waals surface area contributed by atoms with Crippen molar-refractivity contribution in [2.45, 2.75) is 11.3 Å². The summed E-state index contributed by atoms with van der Waals surface area (Å²) in [6.45, 7) is 2.02. The average molecular weight is 384 g/mol. The maximum Gasteiger partial charge on any atom is 0.285 e. The molecule has 7 nitrogen and oxygen atoms in total. The molecule has 2 aliphatic heterocycles. The van der Waals surface area contributed by atoms with Crippen LogP contribution in [0.4, 0.5) is 5.69 Å². The molecule has 27 heavy (non-hydrogen) atoms. The molecule has 0 spiro atoms. The number of hydrogen-bond donors (Lipinski definition) is 2. The normalized spacial score (nSPS) is 20.3. The number of nitrogens with zero attached hydrogens (tertiary/aromatic N) is 2. The minimum atomic E-state index is -3.66. The lowest BCUT2D eigenvalue weighted by Crippen LogP contribution is -2.29. The molecule has 140 valence electrons. The number of fused-ring (bicyclic) bond motifs is 1. The van der Waals surface area contributed by atoms with E-state index in [1.165, 1.54) is 6.07 Å². The van der Waals surface area contributed by atoms with Crippen molar-refractivity contribution < 1.29 is 13.2 Å². The first kappa shape index (κ1) is 17.7. The predicted molar refractivity (Wildman–Crippen MR) is 103 cm³/mol. The molecule has 1 saturated heterocycles. The van der Waals surface area contributed by atoms with Crippen LogP contribution in [-0.4, -0.2) is 44.7 Å². The Kier molecular flexibility index (Phi) is 4.45. The van der Waals surface area contributed by atoms with E-state index in [0.717, 1.165) is 13.0 Å². The van der Waals surface area contributed by atoms with E-state index in [1.807, 2.05) is 4.90 Å². The quantitative estimate of drug-likeness (QED) is 0.837. The van der Waals surface area contributed by atoms with Gasteiger partial charge in [0.15, 0.2) is 5.84 Å². The molecule has 4 rings (SSSR count). The summed E-state index contributed by atoms with van der Waals surface area (Å²) in [5.41, 5.74) is 7.49. The molecule has 0 saturated carbocycles. The first-order valence-corrected chi connectivity index (χ1v) is 10.2. The SMILES string of the molecule is NCC1CCN(C(=O)c2ccc(NC3=NS(=O)(=O)c4ccccc43)cc2)C1. The van der Waals surface area contributed by atoms with E-state index >= 15 is 0 Å². The Hall–Kier alpha value is -2.71. The lowest BCUT2D eigenvalue weighted by atomic mass is 10.1. The van der Waals surface area contributed by atoms with Gasteiger partial charge in [-0.1, -0.05) is 12.1 Å². The fraction of sp³-hybridized carbons (Fsp3) is 0.263. The number of anilines is 1. The zero-order chi connectivity index (χ0) is 19.0. The Balaban J connectivity index is 1.50. The van der Waals surface area contributed by atoms with Crippen molar-refractivity contribution >= 4 is 27.5 Å². The fourth-order valence-corrected chi connectivity index (χ4v) is 4.60. The summed E-state index contributed by atoms with van der Waals surface area (Å²) in [4.78, 5) is 14.6. The third kappa shape index (κ3) is 3.33. The topological polar surface area (TPSA) is 105 Å². The van der Waals surface area contributed by atoms with Gasteiger partial charge in [0.2, 0.25) is 0 Å². The molecule has 2 heterocycles. The summed E-state index contributed by atoms with van der Waals surface area (Å²) >= 11 is 0. The van der Waals surface area contributed by atoms with E-state index in [9.17, 15) is 13.2 Å². The van der Waals surface area contributed by atoms with Gasteiger partial charge < -0.3 is 16.0 Å². The minimum Gasteiger partial charge on any atom is -0.339 e. The van der Waals surface area contributed by atoms with Gasteiger partial charge in [0.05, 0.1) is 0 Å². The van der Waals surface area contributed by atoms with E-state index in [1.54, 1.807) is 42.5 Å². The minimum absolute atomic E-state index is 0.0105. The number of nitrogens with two attached hydrogens (primary N) is 1. The second kappa shape index (κ2) is 6.79. The molecule has 3 N–H and O–H groups in total. The third-order valence-electron chi connectivity index (χ3n) is 4.93. The van der Waals surface area contributed by atoms with E-state index in [4.69, 9.17) is 5.73 Å². The van der Waals surface area contributed by atoms with Gasteiger partial charge in [0.25, 0.3) is 15.9 Å². The number of carbonyl (C=O) groups excluding carboxylic acids is 1. The van der Waals surface area contributed by atoms with Crippen molar-refractivity contribution in [1.82, 2.24) is 4.90 Å². The van der Waals surface area contributed by atoms with Gasteiger partial charge in [-0.15, -0.1) is 4.40 Å². The Morgan fingerprint density at radius 3 is 2.63 bits per heavy atom. The van der Waals surface area contributed by atoms with Crippen LogP contribution in [0.2, 0.25) is 0 Å². The summed E-state index contributed by atoms with van der Waals surface area (Å²) in [6, 6.07) is 13.7. The monoisotopic (exact) mass is 384 g/mol. The molecule has 1 fully saturated rings. The largest absolute Gasteiger partial charge is 0.339 e. The zero-order valence-electron chi connectivity index (χ0n) is 14.6. The highest BCUT2D eigenvalue weighted by Gasteiger charge is 2.29. The highest BCUT2D eigenvalue weighted by atomic mass is 32.2. The Morgan fingerprint density at radius 1 is 1.19 bits per heavy atom. The summed E-state index contributed by atoms with van der Waals surface area (Å²) in [7, 11) is -3.66. The lowest BCUT2D eigenvalue weighted by Gasteiger charge is -2.16. The van der Waals surface area contributed by atoms with Gasteiger partial charge in [-0.05, 0) is 55.3 Å². The van der Waals surface area contributed by atoms with Crippen molar-refractivity contribution in [2.24, 2.45) is 16.0 Å². The van der Waals surface area contributed by atoms with Crippen LogP contribution in [0.3, 0.4) is 0 Å². The zero-order valence-corrected chi connectivity index (χ0v) is 15.4. The van der Waals surface area contributed by atoms with Crippen LogP contribution in [0.1, 0.15) is 22.3 Å². The second-order valence-corrected chi connectivity index (χ2v) is 8.33. The first-order chi connectivity index (χ1) is 13.0. The number of nitrogens with one attached hydrogen (secondary N) is 1. The van der Waals surface area contributed by atoms with Crippen LogP contribution in [0.25, 0.3) is 0 Å². The Bertz CT molecular complexity index is 1020. The number of benzene rings is 2. The van der Waals surface area contributed by atoms with Gasteiger partial charge >= 0.3 is 0 Å². The van der Waals surface area contributed by atoms with Crippen molar-refractivity contribution in [3.05, 3.63) is 59.7 Å². The van der Waals surface area contributed by atoms with Crippen molar-refractivity contribution in [2.75, 3.05) is 25.0 Å². The number of hydrogen-bond acceptors (Lipinski definition) is 5. The standard InChI is InChI=1S/C19H20N4O3S/c20-11-13-9-10-23(12-13)19(24)14-5-7-15(8-6-14)21-18-16-3-1-2-4-17(16)27(25,26)22-18/h1-8,13H,9-12,20H2,(H,21,22). The van der Waals surface area contributed by atoms with Gasteiger partial charge in [0.1, 0.15) is 4.90 Å². The Labute approximate surface area is 157 Å². The lowest BCUT2D eigenvalue weighted by molar-refractivity contribution is 0.0787. The maximum atomic E-state index is 12.6. The molecule has 0 aliphatic carbocycles. The summed E-state index contributed by atoms with van der Waals surface area (Å²) in [5.74, 6) is 0.649. The Morgan fingerprint density at radius 2 is 1.93 bits per heavy atom. The molecule has 0 radical (unpaired) electrons. The van der Waals surface area contributed by atoms with E-state index in [-0.39, 0.29) is 16.6 Å². The smallest absolute Gasteiger partial charge is 0.285 e. The average Bonchev–Trinajstić information content (AvgIpc) is 3.25. The molecular formula is C19H20N4O3S. The van der Waals surface area contributed by atoms with E-state index in [0.29, 0.717) is 35.8 Å². The summed E-state index contributed by atoms with van der Waals surface area (Å²) in [5, 5.41) is 3.03. The molecule has 0 aromatic heterocycles. The van der Waals surface area contributed by atoms with Gasteiger partial charge in [0, 0.05) is 29.9 Å². The number of sulfonamides is 1. The maximum absolute atomic E-state index is 12.6. The van der Waals surface area contributed by atoms with Gasteiger partial charge in [-0.2, -0.15) is 8.42 Å². The van der Waals surface area contributed by atoms with Crippen molar-refractivity contribution in [3.63, 3.8) is 0 Å². The van der Waals surface area contributed by atoms with Crippen LogP contribution < -0.4 is 11.1 Å². The van der Waals surface area contributed by atoms with Crippen LogP contribution in [0.5, 0.6) is 0 Å². The van der Waals surface area contributed by atoms with Crippen LogP contribution in [-0.2, 0) is 10.0 Å². The van der Waals surface area contributed by atoms with Crippen molar-refractivity contribution in [3.8, 4) is 0 Å². The van der Waals surface area contributed by atoms with Crippen LogP contribution >= 0.6 is 0 Å². The fourth-order valence-electron chi connectivity index (χ4n) is 3.42. The van der Waals surface area contributed by atoms with E-state index < -0.39 is 10.0 Å². The molecule has 2 aromatic carbocycles. The molecule has 2 aliphatic rings. The number of carbonyl (C=O) groups is 1. The highest BCUT2D eigenvalue weighted by Crippen LogP contribution is 2.27. The van der Waals surface area contributed by atoms with Crippen molar-refractivity contribution in [1.29, 1.82) is 0 Å². The second-order valence-electron chi connectivity index (χ2n) is 6.76. The first-order valence-electron chi connectivity index (χ1n) is 8.79. The van der Waals surface area contributed by atoms with Crippen LogP contribution in [0, 0.1) is 5.92 Å². The predicted octanol–water partition coefficient (Wildman–Crippen LogP) is 1.67. The molecule has 0 bridgehead atoms. The van der Waals surface area contributed by atoms with Gasteiger partial charge in [-0.25, -0.2) is 0 Å². The number of amidine groups is 1. The number of likely N-dealkylation sites (tertiary alicyclic amines) is 1.